The highest BCUT2D eigenvalue weighted by atomic mass is 32.2. The second-order valence-electron chi connectivity index (χ2n) is 4.86. The Hall–Kier alpha value is -2.41. The first-order valence-electron chi connectivity index (χ1n) is 6.46. The molecule has 1 aliphatic heterocycles. The maximum Gasteiger partial charge on any atom is 0.244 e. The average Bonchev–Trinajstić information content (AvgIpc) is 3.17. The van der Waals surface area contributed by atoms with Gasteiger partial charge in [0.1, 0.15) is 5.69 Å². The Morgan fingerprint density at radius 3 is 2.86 bits per heavy atom. The molecule has 0 atom stereocenters. The first kappa shape index (κ1) is 12.3. The Morgan fingerprint density at radius 2 is 2.05 bits per heavy atom. The number of H-pyrrole nitrogens is 1. The number of fused-ring (bicyclic) bond motifs is 1. The summed E-state index contributed by atoms with van der Waals surface area (Å²) in [5.74, 6) is 0.934. The van der Waals surface area contributed by atoms with Gasteiger partial charge in [0.25, 0.3) is 0 Å². The summed E-state index contributed by atoms with van der Waals surface area (Å²) in [7, 11) is 0. The number of carbonyl (C=O) groups excluding carboxylic acids is 1. The summed E-state index contributed by atoms with van der Waals surface area (Å²) in [6, 6.07) is 10.0. The van der Waals surface area contributed by atoms with Gasteiger partial charge in [-0.05, 0) is 13.0 Å². The molecule has 6 nitrogen and oxygen atoms in total. The number of nitrogens with zero attached hydrogens (tertiary/aromatic N) is 4. The van der Waals surface area contributed by atoms with Crippen LogP contribution in [-0.4, -0.2) is 36.6 Å². The number of hydrogen-bond acceptors (Lipinski definition) is 5. The molecule has 0 bridgehead atoms. The van der Waals surface area contributed by atoms with Crippen LogP contribution in [0.25, 0.3) is 22.8 Å². The van der Waals surface area contributed by atoms with Gasteiger partial charge in [-0.15, -0.1) is 10.2 Å². The van der Waals surface area contributed by atoms with E-state index in [0.717, 1.165) is 11.3 Å². The fourth-order valence-corrected chi connectivity index (χ4v) is 3.06. The van der Waals surface area contributed by atoms with Crippen LogP contribution in [0, 0.1) is 6.92 Å². The van der Waals surface area contributed by atoms with Crippen molar-refractivity contribution >= 4 is 17.7 Å². The molecule has 0 saturated carbocycles. The van der Waals surface area contributed by atoms with Crippen LogP contribution >= 0.6 is 11.8 Å². The number of thioether (sulfide) groups is 1. The van der Waals surface area contributed by atoms with Crippen molar-refractivity contribution in [2.45, 2.75) is 12.1 Å². The average molecular weight is 297 g/mol. The fourth-order valence-electron chi connectivity index (χ4n) is 2.26. The Morgan fingerprint density at radius 1 is 1.24 bits per heavy atom. The molecule has 21 heavy (non-hydrogen) atoms. The van der Waals surface area contributed by atoms with E-state index in [1.807, 2.05) is 37.3 Å². The van der Waals surface area contributed by atoms with Crippen molar-refractivity contribution < 1.29 is 4.79 Å². The van der Waals surface area contributed by atoms with Crippen molar-refractivity contribution in [2.24, 2.45) is 0 Å². The molecule has 3 heterocycles. The first-order valence-corrected chi connectivity index (χ1v) is 7.45. The molecule has 0 fully saturated rings. The van der Waals surface area contributed by atoms with Crippen molar-refractivity contribution in [3.63, 3.8) is 0 Å². The minimum Gasteiger partial charge on any atom is -0.274 e. The molecule has 0 saturated heterocycles. The zero-order valence-electron chi connectivity index (χ0n) is 11.2. The number of aromatic amines is 1. The molecule has 7 heteroatoms. The third-order valence-electron chi connectivity index (χ3n) is 3.37. The normalized spacial score (nSPS) is 13.7. The maximum atomic E-state index is 11.9. The summed E-state index contributed by atoms with van der Waals surface area (Å²) in [4.78, 5) is 11.9. The van der Waals surface area contributed by atoms with Crippen LogP contribution in [0.2, 0.25) is 0 Å². The van der Waals surface area contributed by atoms with E-state index in [1.54, 1.807) is 0 Å². The Bertz CT molecular complexity index is 833. The fraction of sp³-hybridized carbons (Fsp3) is 0.143. The van der Waals surface area contributed by atoms with Gasteiger partial charge >= 0.3 is 0 Å². The van der Waals surface area contributed by atoms with E-state index >= 15 is 0 Å². The van der Waals surface area contributed by atoms with Gasteiger partial charge in [-0.3, -0.25) is 9.89 Å². The second-order valence-corrected chi connectivity index (χ2v) is 5.80. The Labute approximate surface area is 124 Å². The lowest BCUT2D eigenvalue weighted by molar-refractivity contribution is 0.0941. The largest absolute Gasteiger partial charge is 0.274 e. The van der Waals surface area contributed by atoms with Gasteiger partial charge in [-0.2, -0.15) is 5.10 Å². The molecule has 0 aliphatic carbocycles. The van der Waals surface area contributed by atoms with E-state index in [9.17, 15) is 4.79 Å². The van der Waals surface area contributed by atoms with Crippen molar-refractivity contribution in [1.82, 2.24) is 25.0 Å². The topological polar surface area (TPSA) is 76.5 Å². The van der Waals surface area contributed by atoms with Gasteiger partial charge in [0, 0.05) is 5.56 Å². The van der Waals surface area contributed by atoms with E-state index in [-0.39, 0.29) is 5.91 Å². The van der Waals surface area contributed by atoms with Crippen LogP contribution in [0.1, 0.15) is 10.4 Å². The molecule has 2 aromatic heterocycles. The SMILES string of the molecule is Cc1ccc(-c2cc(-c3nnc4n3C(=O)CS4)[nH]n2)cc1. The predicted molar refractivity (Wildman–Crippen MR) is 79.1 cm³/mol. The lowest BCUT2D eigenvalue weighted by atomic mass is 10.1. The van der Waals surface area contributed by atoms with Crippen molar-refractivity contribution in [2.75, 3.05) is 5.75 Å². The Balaban J connectivity index is 1.75. The standard InChI is InChI=1S/C14H11N5OS/c1-8-2-4-9(5-3-8)10-6-11(16-15-10)13-17-18-14-19(13)12(20)7-21-14/h2-6H,7H2,1H3,(H,15,16). The molecular formula is C14H11N5OS. The molecule has 0 radical (unpaired) electrons. The summed E-state index contributed by atoms with van der Waals surface area (Å²) in [6.45, 7) is 2.04. The monoisotopic (exact) mass is 297 g/mol. The third-order valence-corrected chi connectivity index (χ3v) is 4.29. The molecule has 4 rings (SSSR count). The first-order chi connectivity index (χ1) is 10.2. The number of rotatable bonds is 2. The van der Waals surface area contributed by atoms with Gasteiger partial charge in [-0.25, -0.2) is 4.57 Å². The number of carbonyl (C=O) groups is 1. The van der Waals surface area contributed by atoms with Crippen LogP contribution in [-0.2, 0) is 0 Å². The molecule has 3 aromatic rings. The molecule has 1 aliphatic rings. The highest BCUT2D eigenvalue weighted by Crippen LogP contribution is 2.30. The highest BCUT2D eigenvalue weighted by Gasteiger charge is 2.27. The lowest BCUT2D eigenvalue weighted by Gasteiger charge is -1.97. The van der Waals surface area contributed by atoms with Crippen LogP contribution in [0.15, 0.2) is 35.5 Å². The number of benzene rings is 1. The number of hydrogen-bond donors (Lipinski definition) is 1. The van der Waals surface area contributed by atoms with E-state index in [2.05, 4.69) is 20.4 Å². The number of nitrogens with one attached hydrogen (secondary N) is 1. The van der Waals surface area contributed by atoms with Gasteiger partial charge in [-0.1, -0.05) is 41.6 Å². The van der Waals surface area contributed by atoms with E-state index < -0.39 is 0 Å². The van der Waals surface area contributed by atoms with Crippen LogP contribution in [0.5, 0.6) is 0 Å². The van der Waals surface area contributed by atoms with Crippen LogP contribution < -0.4 is 0 Å². The van der Waals surface area contributed by atoms with E-state index in [4.69, 9.17) is 0 Å². The van der Waals surface area contributed by atoms with E-state index in [0.29, 0.717) is 22.4 Å². The summed E-state index contributed by atoms with van der Waals surface area (Å²) < 4.78 is 1.54. The quantitative estimate of drug-likeness (QED) is 0.786. The summed E-state index contributed by atoms with van der Waals surface area (Å²) in [5, 5.41) is 16.0. The summed E-state index contributed by atoms with van der Waals surface area (Å²) in [6.07, 6.45) is 0. The zero-order chi connectivity index (χ0) is 14.4. The minimum absolute atomic E-state index is 0.00138. The van der Waals surface area contributed by atoms with E-state index in [1.165, 1.54) is 21.9 Å². The molecule has 1 N–H and O–H groups in total. The van der Waals surface area contributed by atoms with Crippen molar-refractivity contribution in [3.8, 4) is 22.8 Å². The molecule has 104 valence electrons. The molecule has 0 spiro atoms. The molecule has 0 amide bonds. The summed E-state index contributed by atoms with van der Waals surface area (Å²) in [5.41, 5.74) is 3.73. The minimum atomic E-state index is 0.00138. The summed E-state index contributed by atoms with van der Waals surface area (Å²) >= 11 is 1.40. The molecular weight excluding hydrogens is 286 g/mol. The lowest BCUT2D eigenvalue weighted by Crippen LogP contribution is -2.08. The van der Waals surface area contributed by atoms with Crippen molar-refractivity contribution in [3.05, 3.63) is 35.9 Å². The van der Waals surface area contributed by atoms with Gasteiger partial charge in [0.2, 0.25) is 5.91 Å². The number of aromatic nitrogens is 5. The van der Waals surface area contributed by atoms with Crippen LogP contribution in [0.4, 0.5) is 0 Å². The molecule has 0 unspecified atom stereocenters. The smallest absolute Gasteiger partial charge is 0.244 e. The van der Waals surface area contributed by atoms with Crippen molar-refractivity contribution in [1.29, 1.82) is 0 Å². The van der Waals surface area contributed by atoms with Gasteiger partial charge in [0.05, 0.1) is 11.4 Å². The molecule has 1 aromatic carbocycles. The Kier molecular flexibility index (Phi) is 2.68. The second kappa shape index (κ2) is 4.56. The zero-order valence-corrected chi connectivity index (χ0v) is 12.0. The van der Waals surface area contributed by atoms with Gasteiger partial charge < -0.3 is 0 Å². The number of aryl methyl sites for hydroxylation is 1. The third kappa shape index (κ3) is 1.97. The predicted octanol–water partition coefficient (Wildman–Crippen LogP) is 2.39. The van der Waals surface area contributed by atoms with Crippen LogP contribution in [0.3, 0.4) is 0 Å². The van der Waals surface area contributed by atoms with Gasteiger partial charge in [0.15, 0.2) is 11.0 Å². The highest BCUT2D eigenvalue weighted by molar-refractivity contribution is 8.00. The maximum absolute atomic E-state index is 11.9.